The highest BCUT2D eigenvalue weighted by atomic mass is 16.5. The Balaban J connectivity index is 2.15. The molecule has 0 bridgehead atoms. The highest BCUT2D eigenvalue weighted by Gasteiger charge is 2.30. The third kappa shape index (κ3) is 2.79. The van der Waals surface area contributed by atoms with Crippen LogP contribution in [0.5, 0.6) is 5.75 Å². The van der Waals surface area contributed by atoms with Crippen molar-refractivity contribution in [2.45, 2.75) is 45.0 Å². The lowest BCUT2D eigenvalue weighted by Gasteiger charge is -2.21. The molecule has 1 aliphatic rings. The Bertz CT molecular complexity index is 364. The molecular weight excluding hydrogens is 216 g/mol. The van der Waals surface area contributed by atoms with Crippen molar-refractivity contribution in [1.82, 2.24) is 0 Å². The van der Waals surface area contributed by atoms with E-state index < -0.39 is 6.10 Å². The molecule has 0 saturated carbocycles. The van der Waals surface area contributed by atoms with Crippen molar-refractivity contribution in [3.05, 3.63) is 29.8 Å². The van der Waals surface area contributed by atoms with Crippen molar-refractivity contribution < 1.29 is 14.6 Å². The molecular formula is C14H20O3. The molecule has 3 heteroatoms. The van der Waals surface area contributed by atoms with E-state index in [1.807, 2.05) is 38.1 Å². The Morgan fingerprint density at radius 2 is 2.18 bits per heavy atom. The minimum absolute atomic E-state index is 0.105. The molecule has 1 saturated heterocycles. The highest BCUT2D eigenvalue weighted by Crippen LogP contribution is 2.34. The molecule has 1 heterocycles. The molecule has 3 atom stereocenters. The fraction of sp³-hybridized carbons (Fsp3) is 0.571. The van der Waals surface area contributed by atoms with Crippen molar-refractivity contribution >= 4 is 0 Å². The van der Waals surface area contributed by atoms with Crippen molar-refractivity contribution in [1.29, 1.82) is 0 Å². The summed E-state index contributed by atoms with van der Waals surface area (Å²) in [5.41, 5.74) is 0.827. The fourth-order valence-electron chi connectivity index (χ4n) is 2.28. The van der Waals surface area contributed by atoms with Gasteiger partial charge in [-0.05, 0) is 32.8 Å². The van der Waals surface area contributed by atoms with Gasteiger partial charge in [-0.25, -0.2) is 0 Å². The van der Waals surface area contributed by atoms with Crippen LogP contribution in [0.2, 0.25) is 0 Å². The zero-order valence-corrected chi connectivity index (χ0v) is 10.4. The second kappa shape index (κ2) is 5.52. The summed E-state index contributed by atoms with van der Waals surface area (Å²) < 4.78 is 11.2. The van der Waals surface area contributed by atoms with Crippen LogP contribution in [0.15, 0.2) is 24.3 Å². The first-order valence-electron chi connectivity index (χ1n) is 6.27. The van der Waals surface area contributed by atoms with Gasteiger partial charge in [0.2, 0.25) is 0 Å². The first-order valence-corrected chi connectivity index (χ1v) is 6.27. The smallest absolute Gasteiger partial charge is 0.125 e. The van der Waals surface area contributed by atoms with Crippen LogP contribution in [0.3, 0.4) is 0 Å². The molecule has 0 radical (unpaired) electrons. The lowest BCUT2D eigenvalue weighted by molar-refractivity contribution is -0.0306. The molecule has 17 heavy (non-hydrogen) atoms. The topological polar surface area (TPSA) is 38.7 Å². The fourth-order valence-corrected chi connectivity index (χ4v) is 2.28. The first-order chi connectivity index (χ1) is 8.22. The monoisotopic (exact) mass is 236 g/mol. The van der Waals surface area contributed by atoms with Crippen LogP contribution in [-0.2, 0) is 4.74 Å². The lowest BCUT2D eigenvalue weighted by atomic mass is 10.0. The standard InChI is InChI=1S/C14H20O3/c1-3-16-12-7-5-4-6-11(12)14(15)13-9-8-10(2)17-13/h4-7,10,13-15H,3,8-9H2,1-2H3. The van der Waals surface area contributed by atoms with E-state index >= 15 is 0 Å². The third-order valence-corrected chi connectivity index (χ3v) is 3.15. The van der Waals surface area contributed by atoms with Crippen LogP contribution in [0.25, 0.3) is 0 Å². The van der Waals surface area contributed by atoms with Crippen molar-refractivity contribution in [2.24, 2.45) is 0 Å². The minimum Gasteiger partial charge on any atom is -0.493 e. The molecule has 1 aliphatic heterocycles. The molecule has 1 aromatic rings. The van der Waals surface area contributed by atoms with Crippen LogP contribution in [0.4, 0.5) is 0 Å². The average molecular weight is 236 g/mol. The summed E-state index contributed by atoms with van der Waals surface area (Å²) >= 11 is 0. The van der Waals surface area contributed by atoms with E-state index in [2.05, 4.69) is 0 Å². The van der Waals surface area contributed by atoms with E-state index in [1.54, 1.807) is 0 Å². The van der Waals surface area contributed by atoms with Crippen LogP contribution in [0.1, 0.15) is 38.4 Å². The largest absolute Gasteiger partial charge is 0.493 e. The Kier molecular flexibility index (Phi) is 4.02. The van der Waals surface area contributed by atoms with Crippen LogP contribution >= 0.6 is 0 Å². The van der Waals surface area contributed by atoms with Gasteiger partial charge in [-0.1, -0.05) is 18.2 Å². The number of aliphatic hydroxyl groups is 1. The summed E-state index contributed by atoms with van der Waals surface area (Å²) in [5.74, 6) is 0.755. The Morgan fingerprint density at radius 1 is 1.41 bits per heavy atom. The predicted octanol–water partition coefficient (Wildman–Crippen LogP) is 2.69. The number of benzene rings is 1. The number of hydrogen-bond acceptors (Lipinski definition) is 3. The van der Waals surface area contributed by atoms with Gasteiger partial charge in [0.15, 0.2) is 0 Å². The molecule has 94 valence electrons. The predicted molar refractivity (Wildman–Crippen MR) is 66.1 cm³/mol. The van der Waals surface area contributed by atoms with Gasteiger partial charge < -0.3 is 14.6 Å². The van der Waals surface area contributed by atoms with Crippen LogP contribution in [0, 0.1) is 0 Å². The van der Waals surface area contributed by atoms with Gasteiger partial charge in [-0.3, -0.25) is 0 Å². The second-order valence-corrected chi connectivity index (χ2v) is 4.48. The third-order valence-electron chi connectivity index (χ3n) is 3.15. The summed E-state index contributed by atoms with van der Waals surface area (Å²) in [4.78, 5) is 0. The lowest BCUT2D eigenvalue weighted by Crippen LogP contribution is -2.19. The molecule has 1 N–H and O–H groups in total. The zero-order chi connectivity index (χ0) is 12.3. The van der Waals surface area contributed by atoms with Gasteiger partial charge in [0.25, 0.3) is 0 Å². The number of ether oxygens (including phenoxy) is 2. The van der Waals surface area contributed by atoms with E-state index in [0.29, 0.717) is 6.61 Å². The van der Waals surface area contributed by atoms with Crippen molar-refractivity contribution in [3.63, 3.8) is 0 Å². The minimum atomic E-state index is -0.595. The number of rotatable bonds is 4. The summed E-state index contributed by atoms with van der Waals surface area (Å²) in [5, 5.41) is 10.3. The van der Waals surface area contributed by atoms with Gasteiger partial charge in [0, 0.05) is 5.56 Å². The molecule has 3 unspecified atom stereocenters. The Hall–Kier alpha value is -1.06. The number of aliphatic hydroxyl groups excluding tert-OH is 1. The summed E-state index contributed by atoms with van der Waals surface area (Å²) in [6, 6.07) is 7.63. The van der Waals surface area contributed by atoms with E-state index in [-0.39, 0.29) is 12.2 Å². The van der Waals surface area contributed by atoms with E-state index in [1.165, 1.54) is 0 Å². The Morgan fingerprint density at radius 3 is 2.82 bits per heavy atom. The summed E-state index contributed by atoms with van der Waals surface area (Å²) in [6.07, 6.45) is 1.46. The molecule has 0 aliphatic carbocycles. The van der Waals surface area contributed by atoms with Gasteiger partial charge in [-0.15, -0.1) is 0 Å². The number of para-hydroxylation sites is 1. The van der Waals surface area contributed by atoms with Gasteiger partial charge in [0.1, 0.15) is 11.9 Å². The highest BCUT2D eigenvalue weighted by molar-refractivity contribution is 5.35. The molecule has 0 aromatic heterocycles. The SMILES string of the molecule is CCOc1ccccc1C(O)C1CCC(C)O1. The van der Waals surface area contributed by atoms with E-state index in [4.69, 9.17) is 9.47 Å². The quantitative estimate of drug-likeness (QED) is 0.873. The van der Waals surface area contributed by atoms with Gasteiger partial charge in [0.05, 0.1) is 18.8 Å². The van der Waals surface area contributed by atoms with Crippen LogP contribution < -0.4 is 4.74 Å². The van der Waals surface area contributed by atoms with Gasteiger partial charge >= 0.3 is 0 Å². The maximum absolute atomic E-state index is 10.3. The van der Waals surface area contributed by atoms with Crippen LogP contribution in [-0.4, -0.2) is 23.9 Å². The molecule has 1 aromatic carbocycles. The maximum Gasteiger partial charge on any atom is 0.125 e. The maximum atomic E-state index is 10.3. The normalized spacial score (nSPS) is 25.8. The molecule has 2 rings (SSSR count). The molecule has 1 fully saturated rings. The second-order valence-electron chi connectivity index (χ2n) is 4.48. The molecule has 0 amide bonds. The summed E-state index contributed by atoms with van der Waals surface area (Å²) in [6.45, 7) is 4.59. The molecule has 0 spiro atoms. The van der Waals surface area contributed by atoms with Crippen molar-refractivity contribution in [2.75, 3.05) is 6.61 Å². The average Bonchev–Trinajstić information content (AvgIpc) is 2.76. The zero-order valence-electron chi connectivity index (χ0n) is 10.4. The molecule has 3 nitrogen and oxygen atoms in total. The van der Waals surface area contributed by atoms with E-state index in [9.17, 15) is 5.11 Å². The summed E-state index contributed by atoms with van der Waals surface area (Å²) in [7, 11) is 0. The number of hydrogen-bond donors (Lipinski definition) is 1. The van der Waals surface area contributed by atoms with E-state index in [0.717, 1.165) is 24.2 Å². The van der Waals surface area contributed by atoms with Crippen molar-refractivity contribution in [3.8, 4) is 5.75 Å². The Labute approximate surface area is 102 Å². The van der Waals surface area contributed by atoms with Gasteiger partial charge in [-0.2, -0.15) is 0 Å². The first kappa shape index (κ1) is 12.4.